The van der Waals surface area contributed by atoms with Crippen molar-refractivity contribution in [3.8, 4) is 11.5 Å². The summed E-state index contributed by atoms with van der Waals surface area (Å²) in [6.45, 7) is 0.967. The van der Waals surface area contributed by atoms with E-state index in [1.807, 2.05) is 12.1 Å². The van der Waals surface area contributed by atoms with Crippen molar-refractivity contribution in [2.24, 2.45) is 11.7 Å². The fourth-order valence-electron chi connectivity index (χ4n) is 3.67. The highest BCUT2D eigenvalue weighted by molar-refractivity contribution is 9.10. The molecule has 10 heteroatoms. The Bertz CT molecular complexity index is 1070. The van der Waals surface area contributed by atoms with Gasteiger partial charge in [-0.15, -0.1) is 0 Å². The number of fused-ring (bicyclic) bond motifs is 2. The summed E-state index contributed by atoms with van der Waals surface area (Å²) >= 11 is 5.15. The molecule has 1 atom stereocenters. The predicted octanol–water partition coefficient (Wildman–Crippen LogP) is 3.57. The molecule has 8 nitrogen and oxygen atoms in total. The van der Waals surface area contributed by atoms with Gasteiger partial charge in [0.05, 0.1) is 0 Å². The molecule has 29 heavy (non-hydrogen) atoms. The van der Waals surface area contributed by atoms with Gasteiger partial charge in [-0.3, -0.25) is 0 Å². The lowest BCUT2D eigenvalue weighted by molar-refractivity contribution is 0.174. The van der Waals surface area contributed by atoms with Crippen molar-refractivity contribution in [2.75, 3.05) is 12.5 Å². The van der Waals surface area contributed by atoms with Gasteiger partial charge in [0, 0.05) is 22.0 Å². The van der Waals surface area contributed by atoms with Gasteiger partial charge in [0.1, 0.15) is 6.33 Å². The fourth-order valence-corrected chi connectivity index (χ4v) is 5.18. The zero-order valence-corrected chi connectivity index (χ0v) is 18.1. The lowest BCUT2D eigenvalue weighted by Crippen LogP contribution is -2.35. The summed E-state index contributed by atoms with van der Waals surface area (Å²) in [7, 11) is 0. The second-order valence-corrected chi connectivity index (χ2v) is 9.22. The van der Waals surface area contributed by atoms with E-state index >= 15 is 0 Å². The van der Waals surface area contributed by atoms with Crippen LogP contribution in [0.5, 0.6) is 11.5 Å². The summed E-state index contributed by atoms with van der Waals surface area (Å²) in [4.78, 5) is 14.2. The van der Waals surface area contributed by atoms with Crippen molar-refractivity contribution in [3.63, 3.8) is 0 Å². The van der Waals surface area contributed by atoms with Crippen molar-refractivity contribution < 1.29 is 9.47 Å². The number of hydrogen-bond acceptors (Lipinski definition) is 8. The Hall–Kier alpha value is -2.04. The van der Waals surface area contributed by atoms with Crippen LogP contribution < -0.4 is 20.9 Å². The molecule has 1 aliphatic heterocycles. The molecule has 152 valence electrons. The molecule has 3 aromatic rings. The van der Waals surface area contributed by atoms with Gasteiger partial charge >= 0.3 is 0 Å². The Morgan fingerprint density at radius 2 is 2.03 bits per heavy atom. The summed E-state index contributed by atoms with van der Waals surface area (Å²) in [6, 6.07) is 4.06. The molecule has 4 N–H and O–H groups in total. The fraction of sp³-hybridized carbons (Fsp3) is 0.421. The highest BCUT2D eigenvalue weighted by Crippen LogP contribution is 2.43. The highest BCUT2D eigenvalue weighted by atomic mass is 79.9. The molecule has 1 saturated carbocycles. The van der Waals surface area contributed by atoms with Crippen LogP contribution in [-0.4, -0.2) is 32.4 Å². The predicted molar refractivity (Wildman–Crippen MR) is 114 cm³/mol. The second-order valence-electron chi connectivity index (χ2n) is 7.36. The lowest BCUT2D eigenvalue weighted by atomic mass is 9.79. The van der Waals surface area contributed by atoms with Gasteiger partial charge in [0.15, 0.2) is 33.6 Å². The summed E-state index contributed by atoms with van der Waals surface area (Å²) in [6.07, 6.45) is 6.09. The minimum atomic E-state index is 0.190. The van der Waals surface area contributed by atoms with E-state index in [9.17, 15) is 0 Å². The number of nitrogens with zero attached hydrogens (tertiary/aromatic N) is 4. The molecule has 3 heterocycles. The van der Waals surface area contributed by atoms with Crippen LogP contribution in [0, 0.1) is 5.92 Å². The standard InChI is InChI=1S/C19H21BrN6O2S/c20-11-6-13-14(28-9-27-13)7-15(11)29-19-25-16-17(22)23-8-24-18(16)26(19)5-4-12(21)10-2-1-3-10/h6-8,10,12H,1-5,9,21H2,(H2,22,23,24). The molecule has 1 unspecified atom stereocenters. The van der Waals surface area contributed by atoms with E-state index in [0.717, 1.165) is 44.6 Å². The van der Waals surface area contributed by atoms with Crippen LogP contribution in [0.4, 0.5) is 5.82 Å². The number of nitrogen functional groups attached to an aromatic ring is 1. The first kappa shape index (κ1) is 19.0. The number of halogens is 1. The Balaban J connectivity index is 1.48. The molecule has 2 aliphatic rings. The first-order chi connectivity index (χ1) is 14.1. The van der Waals surface area contributed by atoms with E-state index in [0.29, 0.717) is 17.3 Å². The number of imidazole rings is 1. The van der Waals surface area contributed by atoms with Crippen molar-refractivity contribution in [1.82, 2.24) is 19.5 Å². The Morgan fingerprint density at radius 1 is 1.24 bits per heavy atom. The normalized spacial score (nSPS) is 16.9. The molecule has 1 fully saturated rings. The zero-order valence-electron chi connectivity index (χ0n) is 15.7. The first-order valence-electron chi connectivity index (χ1n) is 9.59. The minimum Gasteiger partial charge on any atom is -0.454 e. The van der Waals surface area contributed by atoms with Gasteiger partial charge in [0.25, 0.3) is 0 Å². The van der Waals surface area contributed by atoms with E-state index in [2.05, 4.69) is 30.5 Å². The lowest BCUT2D eigenvalue weighted by Gasteiger charge is -2.31. The maximum absolute atomic E-state index is 6.42. The SMILES string of the molecule is Nc1ncnc2c1nc(Sc1cc3c(cc1Br)OCO3)n2CCC(N)C1CCC1. The Morgan fingerprint density at radius 3 is 2.79 bits per heavy atom. The number of hydrogen-bond donors (Lipinski definition) is 2. The monoisotopic (exact) mass is 476 g/mol. The molecule has 0 radical (unpaired) electrons. The summed E-state index contributed by atoms with van der Waals surface area (Å²) in [5, 5.41) is 0.799. The van der Waals surface area contributed by atoms with Gasteiger partial charge in [-0.25, -0.2) is 15.0 Å². The van der Waals surface area contributed by atoms with E-state index < -0.39 is 0 Å². The van der Waals surface area contributed by atoms with Crippen LogP contribution in [0.25, 0.3) is 11.2 Å². The van der Waals surface area contributed by atoms with Crippen LogP contribution in [0.15, 0.2) is 33.0 Å². The van der Waals surface area contributed by atoms with E-state index in [1.54, 1.807) is 0 Å². The van der Waals surface area contributed by atoms with Crippen LogP contribution in [-0.2, 0) is 6.54 Å². The summed E-state index contributed by atoms with van der Waals surface area (Å²) in [5.41, 5.74) is 13.8. The molecule has 1 aliphatic carbocycles. The molecule has 0 saturated heterocycles. The number of nitrogens with two attached hydrogens (primary N) is 2. The van der Waals surface area contributed by atoms with Crippen molar-refractivity contribution in [2.45, 2.75) is 48.3 Å². The summed E-state index contributed by atoms with van der Waals surface area (Å²) in [5.74, 6) is 2.47. The number of benzene rings is 1. The maximum atomic E-state index is 6.42. The average Bonchev–Trinajstić information content (AvgIpc) is 3.23. The van der Waals surface area contributed by atoms with Gasteiger partial charge in [-0.2, -0.15) is 0 Å². The van der Waals surface area contributed by atoms with Gasteiger partial charge < -0.3 is 25.5 Å². The van der Waals surface area contributed by atoms with Gasteiger partial charge in [-0.05, 0) is 53.2 Å². The minimum absolute atomic E-state index is 0.190. The van der Waals surface area contributed by atoms with Crippen LogP contribution >= 0.6 is 27.7 Å². The molecule has 2 aromatic heterocycles. The Labute approximate surface area is 180 Å². The number of anilines is 1. The zero-order chi connectivity index (χ0) is 20.0. The van der Waals surface area contributed by atoms with Crippen LogP contribution in [0.1, 0.15) is 25.7 Å². The van der Waals surface area contributed by atoms with E-state index in [-0.39, 0.29) is 12.8 Å². The van der Waals surface area contributed by atoms with Crippen molar-refractivity contribution in [1.29, 1.82) is 0 Å². The average molecular weight is 477 g/mol. The van der Waals surface area contributed by atoms with Crippen molar-refractivity contribution >= 4 is 44.7 Å². The molecule has 0 bridgehead atoms. The van der Waals surface area contributed by atoms with Crippen molar-refractivity contribution in [3.05, 3.63) is 22.9 Å². The second kappa shape index (κ2) is 7.66. The van der Waals surface area contributed by atoms with E-state index in [4.69, 9.17) is 25.9 Å². The van der Waals surface area contributed by atoms with E-state index in [1.165, 1.54) is 37.4 Å². The quantitative estimate of drug-likeness (QED) is 0.554. The molecular weight excluding hydrogens is 456 g/mol. The molecular formula is C19H21BrN6O2S. The third-order valence-corrected chi connectivity index (χ3v) is 7.57. The third-order valence-electron chi connectivity index (χ3n) is 5.59. The first-order valence-corrected chi connectivity index (χ1v) is 11.2. The summed E-state index contributed by atoms with van der Waals surface area (Å²) < 4.78 is 14.0. The number of rotatable bonds is 6. The highest BCUT2D eigenvalue weighted by Gasteiger charge is 2.25. The van der Waals surface area contributed by atoms with Crippen LogP contribution in [0.2, 0.25) is 0 Å². The van der Waals surface area contributed by atoms with Crippen LogP contribution in [0.3, 0.4) is 0 Å². The largest absolute Gasteiger partial charge is 0.454 e. The van der Waals surface area contributed by atoms with Gasteiger partial charge in [-0.1, -0.05) is 18.2 Å². The molecule has 0 spiro atoms. The smallest absolute Gasteiger partial charge is 0.231 e. The van der Waals surface area contributed by atoms with Gasteiger partial charge in [0.2, 0.25) is 6.79 Å². The molecule has 1 aromatic carbocycles. The number of aryl methyl sites for hydroxylation is 1. The third kappa shape index (κ3) is 3.53. The Kier molecular flexibility index (Phi) is 5.00. The number of aromatic nitrogens is 4. The topological polar surface area (TPSA) is 114 Å². The number of ether oxygens (including phenoxy) is 2. The maximum Gasteiger partial charge on any atom is 0.231 e. The molecule has 0 amide bonds. The molecule has 5 rings (SSSR count).